The van der Waals surface area contributed by atoms with Crippen molar-refractivity contribution in [1.82, 2.24) is 20.0 Å². The van der Waals surface area contributed by atoms with Gasteiger partial charge in [-0.25, -0.2) is 0 Å². The van der Waals surface area contributed by atoms with Crippen LogP contribution in [0, 0.1) is 5.92 Å². The predicted octanol–water partition coefficient (Wildman–Crippen LogP) is 1.77. The highest BCUT2D eigenvalue weighted by molar-refractivity contribution is 5.09. The van der Waals surface area contributed by atoms with Gasteiger partial charge in [-0.15, -0.1) is 0 Å². The van der Waals surface area contributed by atoms with E-state index in [0.717, 1.165) is 25.6 Å². The fourth-order valence-electron chi connectivity index (χ4n) is 3.33. The minimum Gasteiger partial charge on any atom is -0.309 e. The maximum absolute atomic E-state index is 4.55. The lowest BCUT2D eigenvalue weighted by Gasteiger charge is -2.51. The summed E-state index contributed by atoms with van der Waals surface area (Å²) in [6.07, 6.45) is 4.81. The fraction of sp³-hybridized carbons (Fsp3) is 0.800. The zero-order valence-electron chi connectivity index (χ0n) is 12.6. The first kappa shape index (κ1) is 13.1. The van der Waals surface area contributed by atoms with Gasteiger partial charge < -0.3 is 5.32 Å². The molecule has 0 spiro atoms. The predicted molar refractivity (Wildman–Crippen MR) is 76.8 cm³/mol. The van der Waals surface area contributed by atoms with Gasteiger partial charge in [-0.3, -0.25) is 9.58 Å². The number of piperazine rings is 1. The molecule has 0 amide bonds. The second-order valence-electron chi connectivity index (χ2n) is 7.21. The van der Waals surface area contributed by atoms with Gasteiger partial charge in [0.05, 0.1) is 5.69 Å². The van der Waals surface area contributed by atoms with Crippen molar-refractivity contribution in [3.8, 4) is 0 Å². The van der Waals surface area contributed by atoms with E-state index in [0.29, 0.717) is 5.54 Å². The third-order valence-electron chi connectivity index (χ3n) is 4.81. The Morgan fingerprint density at radius 2 is 2.11 bits per heavy atom. The lowest BCUT2D eigenvalue weighted by molar-refractivity contribution is 0.00422. The van der Waals surface area contributed by atoms with Crippen LogP contribution in [0.1, 0.15) is 39.3 Å². The molecule has 3 rings (SSSR count). The monoisotopic (exact) mass is 262 g/mol. The number of nitrogens with one attached hydrogen (secondary N) is 1. The highest BCUT2D eigenvalue weighted by Gasteiger charge is 2.49. The van der Waals surface area contributed by atoms with E-state index < -0.39 is 0 Å². The minimum absolute atomic E-state index is 0.198. The zero-order valence-corrected chi connectivity index (χ0v) is 12.6. The summed E-state index contributed by atoms with van der Waals surface area (Å²) >= 11 is 0. The van der Waals surface area contributed by atoms with Crippen molar-refractivity contribution in [1.29, 1.82) is 0 Å². The molecular formula is C15H26N4. The van der Waals surface area contributed by atoms with Crippen molar-refractivity contribution in [3.05, 3.63) is 18.0 Å². The molecule has 2 fully saturated rings. The molecule has 1 unspecified atom stereocenters. The van der Waals surface area contributed by atoms with E-state index >= 15 is 0 Å². The second kappa shape index (κ2) is 4.32. The second-order valence-corrected chi connectivity index (χ2v) is 7.21. The standard InChI is InChI=1S/C15H26N4/c1-14(2)11-19(9-13-7-8-18(4)17-13)15(3,10-16-14)12-5-6-12/h7-8,12,16H,5-6,9-11H2,1-4H3. The maximum Gasteiger partial charge on any atom is 0.0764 e. The highest BCUT2D eigenvalue weighted by atomic mass is 15.3. The molecule has 2 heterocycles. The number of rotatable bonds is 3. The average Bonchev–Trinajstić information content (AvgIpc) is 3.10. The number of aromatic nitrogens is 2. The van der Waals surface area contributed by atoms with Crippen molar-refractivity contribution in [3.63, 3.8) is 0 Å². The lowest BCUT2D eigenvalue weighted by atomic mass is 9.86. The molecule has 0 bridgehead atoms. The Balaban J connectivity index is 1.80. The van der Waals surface area contributed by atoms with Crippen LogP contribution in [0.25, 0.3) is 0 Å². The Kier molecular flexibility index (Phi) is 2.98. The van der Waals surface area contributed by atoms with Gasteiger partial charge in [-0.2, -0.15) is 5.10 Å². The molecule has 19 heavy (non-hydrogen) atoms. The van der Waals surface area contributed by atoms with E-state index in [2.05, 4.69) is 42.2 Å². The van der Waals surface area contributed by atoms with Gasteiger partial charge in [-0.05, 0) is 45.6 Å². The van der Waals surface area contributed by atoms with Crippen molar-refractivity contribution in [2.45, 2.75) is 51.2 Å². The van der Waals surface area contributed by atoms with Crippen LogP contribution in [0.5, 0.6) is 0 Å². The molecule has 106 valence electrons. The Morgan fingerprint density at radius 1 is 1.37 bits per heavy atom. The number of nitrogens with zero attached hydrogens (tertiary/aromatic N) is 3. The van der Waals surface area contributed by atoms with Crippen molar-refractivity contribution < 1.29 is 0 Å². The molecule has 1 aliphatic carbocycles. The molecule has 1 aromatic heterocycles. The average molecular weight is 262 g/mol. The van der Waals surface area contributed by atoms with E-state index in [1.807, 2.05) is 17.9 Å². The molecule has 4 heteroatoms. The normalized spacial score (nSPS) is 31.6. The summed E-state index contributed by atoms with van der Waals surface area (Å²) in [6, 6.07) is 2.14. The topological polar surface area (TPSA) is 33.1 Å². The lowest BCUT2D eigenvalue weighted by Crippen LogP contribution is -2.67. The third kappa shape index (κ3) is 2.56. The van der Waals surface area contributed by atoms with Crippen molar-refractivity contribution in [2.75, 3.05) is 13.1 Å². The molecule has 1 saturated carbocycles. The Hall–Kier alpha value is -0.870. The molecule has 0 aromatic carbocycles. The largest absolute Gasteiger partial charge is 0.309 e. The van der Waals surface area contributed by atoms with Gasteiger partial charge in [-0.1, -0.05) is 0 Å². The van der Waals surface area contributed by atoms with Crippen LogP contribution in [0.4, 0.5) is 0 Å². The molecule has 0 radical (unpaired) electrons. The van der Waals surface area contributed by atoms with Crippen molar-refractivity contribution >= 4 is 0 Å². The zero-order chi connectivity index (χ0) is 13.7. The third-order valence-corrected chi connectivity index (χ3v) is 4.81. The van der Waals surface area contributed by atoms with Gasteiger partial charge in [0.15, 0.2) is 0 Å². The minimum atomic E-state index is 0.198. The maximum atomic E-state index is 4.55. The smallest absolute Gasteiger partial charge is 0.0764 e. The van der Waals surface area contributed by atoms with Gasteiger partial charge in [0, 0.05) is 44.0 Å². The summed E-state index contributed by atoms with van der Waals surface area (Å²) in [4.78, 5) is 2.66. The number of aryl methyl sites for hydroxylation is 1. The van der Waals surface area contributed by atoms with Crippen LogP contribution in [-0.4, -0.2) is 38.8 Å². The quantitative estimate of drug-likeness (QED) is 0.901. The molecule has 1 atom stereocenters. The van der Waals surface area contributed by atoms with Crippen LogP contribution >= 0.6 is 0 Å². The van der Waals surface area contributed by atoms with Crippen LogP contribution in [0.2, 0.25) is 0 Å². The van der Waals surface area contributed by atoms with Crippen molar-refractivity contribution in [2.24, 2.45) is 13.0 Å². The van der Waals surface area contributed by atoms with E-state index in [9.17, 15) is 0 Å². The summed E-state index contributed by atoms with van der Waals surface area (Å²) in [7, 11) is 1.99. The van der Waals surface area contributed by atoms with Gasteiger partial charge in [0.25, 0.3) is 0 Å². The molecule has 1 aromatic rings. The SMILES string of the molecule is Cn1ccc(CN2CC(C)(C)NCC2(C)C2CC2)n1. The van der Waals surface area contributed by atoms with E-state index in [4.69, 9.17) is 0 Å². The first-order valence-electron chi connectivity index (χ1n) is 7.38. The number of hydrogen-bond donors (Lipinski definition) is 1. The van der Waals surface area contributed by atoms with E-state index in [1.165, 1.54) is 18.5 Å². The molecular weight excluding hydrogens is 236 g/mol. The summed E-state index contributed by atoms with van der Waals surface area (Å²) in [5, 5.41) is 8.28. The Bertz CT molecular complexity index is 460. The molecule has 1 aliphatic heterocycles. The molecule has 1 saturated heterocycles. The molecule has 1 N–H and O–H groups in total. The first-order chi connectivity index (χ1) is 8.89. The fourth-order valence-corrected chi connectivity index (χ4v) is 3.33. The summed E-state index contributed by atoms with van der Waals surface area (Å²) in [6.45, 7) is 10.2. The highest BCUT2D eigenvalue weighted by Crippen LogP contribution is 2.45. The molecule has 4 nitrogen and oxygen atoms in total. The Labute approximate surface area is 116 Å². The van der Waals surface area contributed by atoms with Gasteiger partial charge in [0.2, 0.25) is 0 Å². The summed E-state index contributed by atoms with van der Waals surface area (Å²) in [5.74, 6) is 0.861. The summed E-state index contributed by atoms with van der Waals surface area (Å²) < 4.78 is 1.90. The van der Waals surface area contributed by atoms with Gasteiger partial charge in [0.1, 0.15) is 0 Å². The molecule has 2 aliphatic rings. The summed E-state index contributed by atoms with van der Waals surface area (Å²) in [5.41, 5.74) is 1.68. The van der Waals surface area contributed by atoms with E-state index in [1.54, 1.807) is 0 Å². The van der Waals surface area contributed by atoms with Gasteiger partial charge >= 0.3 is 0 Å². The number of hydrogen-bond acceptors (Lipinski definition) is 3. The van der Waals surface area contributed by atoms with Crippen LogP contribution in [0.15, 0.2) is 12.3 Å². The van der Waals surface area contributed by atoms with Crippen LogP contribution in [0.3, 0.4) is 0 Å². The van der Waals surface area contributed by atoms with E-state index in [-0.39, 0.29) is 5.54 Å². The Morgan fingerprint density at radius 3 is 2.68 bits per heavy atom. The first-order valence-corrected chi connectivity index (χ1v) is 7.38. The van der Waals surface area contributed by atoms with Crippen LogP contribution in [-0.2, 0) is 13.6 Å². The van der Waals surface area contributed by atoms with Crippen LogP contribution < -0.4 is 5.32 Å².